The van der Waals surface area contributed by atoms with Crippen molar-refractivity contribution in [3.8, 4) is 0 Å². The molecule has 1 aliphatic heterocycles. The Hall–Kier alpha value is -2.08. The number of urea groups is 1. The van der Waals surface area contributed by atoms with E-state index in [-0.39, 0.29) is 11.9 Å². The van der Waals surface area contributed by atoms with Crippen molar-refractivity contribution in [2.45, 2.75) is 31.8 Å². The summed E-state index contributed by atoms with van der Waals surface area (Å²) in [5.41, 5.74) is 1.26. The lowest BCUT2D eigenvalue weighted by atomic mass is 10.1. The third-order valence-electron chi connectivity index (χ3n) is 3.94. The molecule has 3 amide bonds. The van der Waals surface area contributed by atoms with E-state index in [1.54, 1.807) is 24.3 Å². The number of amides is 3. The van der Waals surface area contributed by atoms with Gasteiger partial charge in [-0.25, -0.2) is 4.79 Å². The molecule has 1 atom stereocenters. The van der Waals surface area contributed by atoms with Gasteiger partial charge in [0.05, 0.1) is 0 Å². The van der Waals surface area contributed by atoms with E-state index in [1.807, 2.05) is 4.90 Å². The van der Waals surface area contributed by atoms with Crippen molar-refractivity contribution >= 4 is 17.6 Å². The highest BCUT2D eigenvalue weighted by atomic mass is 16.2. The van der Waals surface area contributed by atoms with Gasteiger partial charge in [0.25, 0.3) is 5.91 Å². The molecule has 0 spiro atoms. The van der Waals surface area contributed by atoms with E-state index in [9.17, 15) is 9.59 Å². The summed E-state index contributed by atoms with van der Waals surface area (Å²) in [5.74, 6) is 0.0135. The van der Waals surface area contributed by atoms with Gasteiger partial charge < -0.3 is 20.9 Å². The van der Waals surface area contributed by atoms with E-state index >= 15 is 0 Å². The van der Waals surface area contributed by atoms with Crippen LogP contribution in [0.5, 0.6) is 0 Å². The molecular formula is C16H22N4O2. The van der Waals surface area contributed by atoms with Gasteiger partial charge in [-0.1, -0.05) is 6.07 Å². The van der Waals surface area contributed by atoms with Crippen LogP contribution < -0.4 is 16.0 Å². The van der Waals surface area contributed by atoms with Crippen LogP contribution in [0, 0.1) is 0 Å². The third-order valence-corrected chi connectivity index (χ3v) is 3.94. The summed E-state index contributed by atoms with van der Waals surface area (Å²) in [6.07, 6.45) is 2.10. The third kappa shape index (κ3) is 3.76. The molecule has 1 heterocycles. The number of benzene rings is 1. The van der Waals surface area contributed by atoms with E-state index in [0.717, 1.165) is 19.4 Å². The van der Waals surface area contributed by atoms with E-state index in [2.05, 4.69) is 22.9 Å². The van der Waals surface area contributed by atoms with Crippen molar-refractivity contribution in [1.82, 2.24) is 15.5 Å². The molecule has 3 rings (SSSR count). The van der Waals surface area contributed by atoms with Gasteiger partial charge in [0.2, 0.25) is 0 Å². The maximum atomic E-state index is 12.5. The van der Waals surface area contributed by atoms with Crippen molar-refractivity contribution in [1.29, 1.82) is 0 Å². The second-order valence-electron chi connectivity index (χ2n) is 6.06. The van der Waals surface area contributed by atoms with Crippen LogP contribution in [0.2, 0.25) is 0 Å². The molecule has 1 saturated carbocycles. The molecule has 1 aromatic rings. The van der Waals surface area contributed by atoms with Gasteiger partial charge in [0.1, 0.15) is 0 Å². The second-order valence-corrected chi connectivity index (χ2v) is 6.06. The van der Waals surface area contributed by atoms with Gasteiger partial charge in [0.15, 0.2) is 0 Å². The Morgan fingerprint density at radius 1 is 1.32 bits per heavy atom. The highest BCUT2D eigenvalue weighted by Crippen LogP contribution is 2.19. The number of rotatable bonds is 3. The van der Waals surface area contributed by atoms with E-state index in [4.69, 9.17) is 0 Å². The van der Waals surface area contributed by atoms with Crippen molar-refractivity contribution in [3.05, 3.63) is 29.8 Å². The zero-order valence-electron chi connectivity index (χ0n) is 12.8. The zero-order valence-corrected chi connectivity index (χ0v) is 12.8. The first-order chi connectivity index (χ1) is 10.6. The number of hydrogen-bond donors (Lipinski definition) is 3. The lowest BCUT2D eigenvalue weighted by molar-refractivity contribution is 0.0709. The largest absolute Gasteiger partial charge is 0.336 e. The van der Waals surface area contributed by atoms with Crippen LogP contribution >= 0.6 is 0 Å². The van der Waals surface area contributed by atoms with E-state index in [1.165, 1.54) is 0 Å². The Morgan fingerprint density at radius 3 is 2.86 bits per heavy atom. The summed E-state index contributed by atoms with van der Waals surface area (Å²) in [4.78, 5) is 26.2. The van der Waals surface area contributed by atoms with Gasteiger partial charge >= 0.3 is 6.03 Å². The van der Waals surface area contributed by atoms with Crippen LogP contribution in [-0.4, -0.2) is 48.6 Å². The maximum Gasteiger partial charge on any atom is 0.319 e. The molecule has 6 heteroatoms. The zero-order chi connectivity index (χ0) is 15.5. The average molecular weight is 302 g/mol. The number of piperazine rings is 1. The van der Waals surface area contributed by atoms with Gasteiger partial charge in [-0.2, -0.15) is 0 Å². The van der Waals surface area contributed by atoms with Crippen LogP contribution in [0.3, 0.4) is 0 Å². The first-order valence-corrected chi connectivity index (χ1v) is 7.82. The molecule has 22 heavy (non-hydrogen) atoms. The molecule has 3 N–H and O–H groups in total. The monoisotopic (exact) mass is 302 g/mol. The summed E-state index contributed by atoms with van der Waals surface area (Å²) in [7, 11) is 0. The van der Waals surface area contributed by atoms with Crippen LogP contribution in [0.15, 0.2) is 24.3 Å². The predicted octanol–water partition coefficient (Wildman–Crippen LogP) is 1.40. The molecule has 2 fully saturated rings. The van der Waals surface area contributed by atoms with Gasteiger partial charge in [-0.05, 0) is 38.0 Å². The number of carbonyl (C=O) groups excluding carboxylic acids is 2. The lowest BCUT2D eigenvalue weighted by Gasteiger charge is -2.32. The van der Waals surface area contributed by atoms with Gasteiger partial charge in [-0.15, -0.1) is 0 Å². The number of nitrogens with zero attached hydrogens (tertiary/aromatic N) is 1. The highest BCUT2D eigenvalue weighted by molar-refractivity contribution is 5.97. The van der Waals surface area contributed by atoms with Crippen LogP contribution in [0.4, 0.5) is 10.5 Å². The summed E-state index contributed by atoms with van der Waals surface area (Å²) >= 11 is 0. The molecule has 118 valence electrons. The molecule has 0 radical (unpaired) electrons. The van der Waals surface area contributed by atoms with E-state index < -0.39 is 0 Å². The number of anilines is 1. The van der Waals surface area contributed by atoms with Crippen molar-refractivity contribution in [3.63, 3.8) is 0 Å². The molecule has 0 aromatic heterocycles. The predicted molar refractivity (Wildman–Crippen MR) is 85.0 cm³/mol. The Labute approximate surface area is 130 Å². The standard InChI is InChI=1S/C16H22N4O2/c1-11-10-20(8-7-17-11)15(21)12-3-2-4-14(9-12)19-16(22)18-13-5-6-13/h2-4,9,11,13,17H,5-8,10H2,1H3,(H2,18,19,22). The summed E-state index contributed by atoms with van der Waals surface area (Å²) in [5, 5.41) is 8.97. The Morgan fingerprint density at radius 2 is 2.14 bits per heavy atom. The van der Waals surface area contributed by atoms with Crippen molar-refractivity contribution in [2.24, 2.45) is 0 Å². The van der Waals surface area contributed by atoms with Crippen molar-refractivity contribution < 1.29 is 9.59 Å². The number of hydrogen-bond acceptors (Lipinski definition) is 3. The van der Waals surface area contributed by atoms with Gasteiger partial charge in [-0.3, -0.25) is 4.79 Å². The molecule has 1 aliphatic carbocycles. The fourth-order valence-electron chi connectivity index (χ4n) is 2.61. The van der Waals surface area contributed by atoms with Crippen molar-refractivity contribution in [2.75, 3.05) is 25.0 Å². The first-order valence-electron chi connectivity index (χ1n) is 7.82. The SMILES string of the molecule is CC1CN(C(=O)c2cccc(NC(=O)NC3CC3)c2)CCN1. The smallest absolute Gasteiger partial charge is 0.319 e. The normalized spacial score (nSPS) is 21.3. The second kappa shape index (κ2) is 6.36. The van der Waals surface area contributed by atoms with Crippen LogP contribution in [0.25, 0.3) is 0 Å². The summed E-state index contributed by atoms with van der Waals surface area (Å²) in [6, 6.07) is 7.54. The van der Waals surface area contributed by atoms with E-state index in [0.29, 0.717) is 36.4 Å². The Kier molecular flexibility index (Phi) is 4.29. The Balaban J connectivity index is 1.64. The minimum atomic E-state index is -0.206. The quantitative estimate of drug-likeness (QED) is 0.790. The minimum absolute atomic E-state index is 0.0135. The fraction of sp³-hybridized carbons (Fsp3) is 0.500. The molecule has 1 saturated heterocycles. The minimum Gasteiger partial charge on any atom is -0.336 e. The van der Waals surface area contributed by atoms with Gasteiger partial charge in [0, 0.05) is 43.0 Å². The topological polar surface area (TPSA) is 73.5 Å². The maximum absolute atomic E-state index is 12.5. The molecule has 1 unspecified atom stereocenters. The molecular weight excluding hydrogens is 280 g/mol. The number of nitrogens with one attached hydrogen (secondary N) is 3. The van der Waals surface area contributed by atoms with Crippen LogP contribution in [-0.2, 0) is 0 Å². The molecule has 6 nitrogen and oxygen atoms in total. The van der Waals surface area contributed by atoms with Crippen LogP contribution in [0.1, 0.15) is 30.1 Å². The molecule has 1 aromatic carbocycles. The highest BCUT2D eigenvalue weighted by Gasteiger charge is 2.24. The first kappa shape index (κ1) is 14.8. The number of carbonyl (C=O) groups is 2. The summed E-state index contributed by atoms with van der Waals surface area (Å²) < 4.78 is 0. The lowest BCUT2D eigenvalue weighted by Crippen LogP contribution is -2.51. The summed E-state index contributed by atoms with van der Waals surface area (Å²) in [6.45, 7) is 4.30. The molecule has 2 aliphatic rings. The Bertz CT molecular complexity index is 571. The molecule has 0 bridgehead atoms. The average Bonchev–Trinajstić information content (AvgIpc) is 3.30. The fourth-order valence-corrected chi connectivity index (χ4v) is 2.61.